The Hall–Kier alpha value is -1.40. The first-order valence-electron chi connectivity index (χ1n) is 7.67. The van der Waals surface area contributed by atoms with Gasteiger partial charge >= 0.3 is 0 Å². The maximum atomic E-state index is 12.6. The molecule has 0 fully saturated rings. The summed E-state index contributed by atoms with van der Waals surface area (Å²) in [5, 5.41) is 2.83. The van der Waals surface area contributed by atoms with Crippen molar-refractivity contribution in [3.8, 4) is 0 Å². The Balaban J connectivity index is 2.82. The lowest BCUT2D eigenvalue weighted by Gasteiger charge is -2.21. The predicted molar refractivity (Wildman–Crippen MR) is 88.1 cm³/mol. The third kappa shape index (κ3) is 5.10. The maximum Gasteiger partial charge on any atom is 0.243 e. The topological polar surface area (TPSA) is 66.5 Å². The minimum absolute atomic E-state index is 0.0540. The number of rotatable bonds is 8. The molecule has 0 heterocycles. The summed E-state index contributed by atoms with van der Waals surface area (Å²) in [5.41, 5.74) is 0.994. The third-order valence-electron chi connectivity index (χ3n) is 3.46. The summed E-state index contributed by atoms with van der Waals surface area (Å²) < 4.78 is 26.3. The molecule has 1 aromatic carbocycles. The monoisotopic (exact) mass is 326 g/mol. The number of sulfonamides is 1. The highest BCUT2D eigenvalue weighted by Crippen LogP contribution is 2.16. The number of nitrogens with zero attached hydrogens (tertiary/aromatic N) is 1. The van der Waals surface area contributed by atoms with E-state index in [2.05, 4.69) is 5.32 Å². The van der Waals surface area contributed by atoms with Crippen LogP contribution in [0.4, 0.5) is 0 Å². The first-order chi connectivity index (χ1) is 10.3. The van der Waals surface area contributed by atoms with Gasteiger partial charge in [-0.1, -0.05) is 38.0 Å². The second kappa shape index (κ2) is 8.29. The van der Waals surface area contributed by atoms with Crippen molar-refractivity contribution in [2.75, 3.05) is 13.1 Å². The Morgan fingerprint density at radius 1 is 1.23 bits per heavy atom. The molecule has 0 radical (unpaired) electrons. The molecule has 0 aliphatic carbocycles. The van der Waals surface area contributed by atoms with Crippen molar-refractivity contribution in [2.45, 2.75) is 51.5 Å². The van der Waals surface area contributed by atoms with Crippen molar-refractivity contribution in [3.63, 3.8) is 0 Å². The van der Waals surface area contributed by atoms with Gasteiger partial charge in [-0.15, -0.1) is 0 Å². The minimum atomic E-state index is -3.64. The second-order valence-corrected chi connectivity index (χ2v) is 7.44. The number of likely N-dealkylation sites (N-methyl/N-ethyl adjacent to an activating group) is 1. The van der Waals surface area contributed by atoms with E-state index in [0.29, 0.717) is 0 Å². The number of hydrogen-bond acceptors (Lipinski definition) is 3. The highest BCUT2D eigenvalue weighted by atomic mass is 32.2. The average molecular weight is 326 g/mol. The number of aryl methyl sites for hydroxylation is 1. The molecule has 0 saturated heterocycles. The van der Waals surface area contributed by atoms with Crippen molar-refractivity contribution >= 4 is 15.9 Å². The van der Waals surface area contributed by atoms with Crippen LogP contribution in [0.2, 0.25) is 0 Å². The zero-order valence-corrected chi connectivity index (χ0v) is 14.6. The molecule has 1 aromatic rings. The third-order valence-corrected chi connectivity index (χ3v) is 5.40. The van der Waals surface area contributed by atoms with E-state index in [0.717, 1.165) is 18.4 Å². The SMILES string of the molecule is CCCC(C)NC(=O)CN(CC)S(=O)(=O)c1ccc(C)cc1. The van der Waals surface area contributed by atoms with Crippen molar-refractivity contribution in [3.05, 3.63) is 29.8 Å². The number of carbonyl (C=O) groups excluding carboxylic acids is 1. The van der Waals surface area contributed by atoms with Gasteiger partial charge in [0.2, 0.25) is 15.9 Å². The summed E-state index contributed by atoms with van der Waals surface area (Å²) in [4.78, 5) is 12.2. The molecule has 1 unspecified atom stereocenters. The Labute approximate surface area is 133 Å². The Kier molecular flexibility index (Phi) is 7.03. The molecule has 0 aromatic heterocycles. The molecule has 0 spiro atoms. The summed E-state index contributed by atoms with van der Waals surface area (Å²) in [7, 11) is -3.64. The quantitative estimate of drug-likeness (QED) is 0.797. The van der Waals surface area contributed by atoms with Crippen molar-refractivity contribution in [1.82, 2.24) is 9.62 Å². The van der Waals surface area contributed by atoms with Gasteiger partial charge in [0, 0.05) is 12.6 Å². The van der Waals surface area contributed by atoms with Gasteiger partial charge in [0.05, 0.1) is 11.4 Å². The smallest absolute Gasteiger partial charge is 0.243 e. The van der Waals surface area contributed by atoms with E-state index < -0.39 is 10.0 Å². The molecule has 5 nitrogen and oxygen atoms in total. The molecule has 1 atom stereocenters. The normalized spacial score (nSPS) is 13.1. The summed E-state index contributed by atoms with van der Waals surface area (Å²) >= 11 is 0. The Morgan fingerprint density at radius 3 is 2.32 bits per heavy atom. The van der Waals surface area contributed by atoms with E-state index >= 15 is 0 Å². The lowest BCUT2D eigenvalue weighted by Crippen LogP contribution is -2.43. The van der Waals surface area contributed by atoms with Gasteiger partial charge in [-0.3, -0.25) is 4.79 Å². The van der Waals surface area contributed by atoms with E-state index in [1.807, 2.05) is 20.8 Å². The van der Waals surface area contributed by atoms with Gasteiger partial charge < -0.3 is 5.32 Å². The molecular formula is C16H26N2O3S. The molecule has 0 aliphatic rings. The number of hydrogen-bond donors (Lipinski definition) is 1. The summed E-state index contributed by atoms with van der Waals surface area (Å²) in [6, 6.07) is 6.71. The van der Waals surface area contributed by atoms with Gasteiger partial charge in [-0.2, -0.15) is 4.31 Å². The van der Waals surface area contributed by atoms with Crippen molar-refractivity contribution in [1.29, 1.82) is 0 Å². The fourth-order valence-corrected chi connectivity index (χ4v) is 3.62. The van der Waals surface area contributed by atoms with Crippen LogP contribution in [0, 0.1) is 6.92 Å². The molecule has 22 heavy (non-hydrogen) atoms. The van der Waals surface area contributed by atoms with E-state index in [-0.39, 0.29) is 29.9 Å². The first kappa shape index (κ1) is 18.6. The minimum Gasteiger partial charge on any atom is -0.353 e. The Morgan fingerprint density at radius 2 is 1.82 bits per heavy atom. The molecule has 6 heteroatoms. The van der Waals surface area contributed by atoms with E-state index in [1.54, 1.807) is 31.2 Å². The average Bonchev–Trinajstić information content (AvgIpc) is 2.45. The van der Waals surface area contributed by atoms with Gasteiger partial charge in [0.25, 0.3) is 0 Å². The van der Waals surface area contributed by atoms with Crippen LogP contribution in [0.25, 0.3) is 0 Å². The predicted octanol–water partition coefficient (Wildman–Crippen LogP) is 2.31. The van der Waals surface area contributed by atoms with Crippen LogP contribution in [0.5, 0.6) is 0 Å². The number of benzene rings is 1. The zero-order valence-electron chi connectivity index (χ0n) is 13.8. The Bertz CT molecular complexity index is 582. The maximum absolute atomic E-state index is 12.6. The van der Waals surface area contributed by atoms with Crippen LogP contribution in [-0.4, -0.2) is 37.8 Å². The lowest BCUT2D eigenvalue weighted by molar-refractivity contribution is -0.121. The molecule has 0 aliphatic heterocycles. The number of nitrogens with one attached hydrogen (secondary N) is 1. The van der Waals surface area contributed by atoms with Crippen molar-refractivity contribution < 1.29 is 13.2 Å². The van der Waals surface area contributed by atoms with E-state index in [4.69, 9.17) is 0 Å². The molecule has 0 saturated carbocycles. The molecule has 1 amide bonds. The van der Waals surface area contributed by atoms with Crippen molar-refractivity contribution in [2.24, 2.45) is 0 Å². The fraction of sp³-hybridized carbons (Fsp3) is 0.562. The molecule has 1 N–H and O–H groups in total. The van der Waals surface area contributed by atoms with E-state index in [9.17, 15) is 13.2 Å². The molecule has 1 rings (SSSR count). The number of amides is 1. The van der Waals surface area contributed by atoms with Crippen LogP contribution in [0.3, 0.4) is 0 Å². The summed E-state index contributed by atoms with van der Waals surface area (Å²) in [6.45, 7) is 7.70. The van der Waals surface area contributed by atoms with Crippen LogP contribution in [0.15, 0.2) is 29.2 Å². The van der Waals surface area contributed by atoms with Crippen LogP contribution < -0.4 is 5.32 Å². The van der Waals surface area contributed by atoms with Crippen LogP contribution in [-0.2, 0) is 14.8 Å². The molecular weight excluding hydrogens is 300 g/mol. The first-order valence-corrected chi connectivity index (χ1v) is 9.11. The highest BCUT2D eigenvalue weighted by molar-refractivity contribution is 7.89. The highest BCUT2D eigenvalue weighted by Gasteiger charge is 2.25. The summed E-state index contributed by atoms with van der Waals surface area (Å²) in [6.07, 6.45) is 1.85. The largest absolute Gasteiger partial charge is 0.353 e. The number of carbonyl (C=O) groups is 1. The van der Waals surface area contributed by atoms with Gasteiger partial charge in [-0.25, -0.2) is 8.42 Å². The van der Waals surface area contributed by atoms with Gasteiger partial charge in [0.15, 0.2) is 0 Å². The van der Waals surface area contributed by atoms with Crippen LogP contribution >= 0.6 is 0 Å². The van der Waals surface area contributed by atoms with Crippen LogP contribution in [0.1, 0.15) is 39.2 Å². The lowest BCUT2D eigenvalue weighted by atomic mass is 10.2. The molecule has 124 valence electrons. The zero-order chi connectivity index (χ0) is 16.8. The fourth-order valence-electron chi connectivity index (χ4n) is 2.21. The van der Waals surface area contributed by atoms with Gasteiger partial charge in [-0.05, 0) is 32.4 Å². The summed E-state index contributed by atoms with van der Waals surface area (Å²) in [5.74, 6) is -0.265. The molecule has 0 bridgehead atoms. The standard InChI is InChI=1S/C16H26N2O3S/c1-5-7-14(4)17-16(19)12-18(6-2)22(20,21)15-10-8-13(3)9-11-15/h8-11,14H,5-7,12H2,1-4H3,(H,17,19). The van der Waals surface area contributed by atoms with E-state index in [1.165, 1.54) is 4.31 Å². The van der Waals surface area contributed by atoms with Gasteiger partial charge in [0.1, 0.15) is 0 Å². The second-order valence-electron chi connectivity index (χ2n) is 5.50.